The van der Waals surface area contributed by atoms with Crippen molar-refractivity contribution in [3.05, 3.63) is 86.4 Å². The van der Waals surface area contributed by atoms with E-state index >= 15 is 0 Å². The lowest BCUT2D eigenvalue weighted by molar-refractivity contribution is -0.133. The number of hydrogen-bond acceptors (Lipinski definition) is 4. The van der Waals surface area contributed by atoms with Crippen molar-refractivity contribution in [2.45, 2.75) is 71.6 Å². The Balaban J connectivity index is 1.43. The predicted molar refractivity (Wildman–Crippen MR) is 141 cm³/mol. The number of carbonyl (C=O) groups is 2. The summed E-state index contributed by atoms with van der Waals surface area (Å²) in [6.45, 7) is 7.77. The van der Waals surface area contributed by atoms with Crippen LogP contribution in [0.15, 0.2) is 52.9 Å². The van der Waals surface area contributed by atoms with Gasteiger partial charge in [-0.3, -0.25) is 14.4 Å². The maximum Gasteiger partial charge on any atom is 0.267 e. The number of allylic oxidation sites excluding steroid dienone is 3. The number of nitrogens with zero attached hydrogens (tertiary/aromatic N) is 2. The normalized spacial score (nSPS) is 21.3. The summed E-state index contributed by atoms with van der Waals surface area (Å²) in [5, 5.41) is 9.18. The summed E-state index contributed by atoms with van der Waals surface area (Å²) in [6, 6.07) is 6.99. The molecular weight excluding hydrogens is 471 g/mol. The van der Waals surface area contributed by atoms with Crippen LogP contribution >= 0.6 is 0 Å². The van der Waals surface area contributed by atoms with Gasteiger partial charge in [0.2, 0.25) is 5.91 Å². The van der Waals surface area contributed by atoms with Crippen LogP contribution in [0.25, 0.3) is 0 Å². The molecule has 2 amide bonds. The van der Waals surface area contributed by atoms with Gasteiger partial charge in [-0.25, -0.2) is 9.49 Å². The molecule has 4 rings (SSSR count). The average molecular weight is 507 g/mol. The molecule has 2 aromatic rings. The number of amides is 2. The molecule has 1 unspecified atom stereocenters. The highest BCUT2D eigenvalue weighted by Crippen LogP contribution is 2.35. The summed E-state index contributed by atoms with van der Waals surface area (Å²) >= 11 is 0. The van der Waals surface area contributed by atoms with Gasteiger partial charge in [0, 0.05) is 30.0 Å². The van der Waals surface area contributed by atoms with Crippen LogP contribution in [-0.2, 0) is 11.2 Å². The fraction of sp³-hybridized carbons (Fsp3) is 0.448. The predicted octanol–water partition coefficient (Wildman–Crippen LogP) is 3.95. The van der Waals surface area contributed by atoms with Crippen LogP contribution in [0.5, 0.6) is 0 Å². The average Bonchev–Trinajstić information content (AvgIpc) is 3.31. The van der Waals surface area contributed by atoms with Crippen LogP contribution in [0.1, 0.15) is 65.9 Å². The van der Waals surface area contributed by atoms with Gasteiger partial charge in [-0.2, -0.15) is 5.10 Å². The first-order valence-corrected chi connectivity index (χ1v) is 12.9. The van der Waals surface area contributed by atoms with Gasteiger partial charge in [-0.05, 0) is 67.5 Å². The molecule has 0 bridgehead atoms. The van der Waals surface area contributed by atoms with Gasteiger partial charge in [-0.1, -0.05) is 38.1 Å². The molecule has 1 fully saturated rings. The van der Waals surface area contributed by atoms with E-state index in [9.17, 15) is 18.8 Å². The second-order valence-corrected chi connectivity index (χ2v) is 10.4. The molecule has 7 nitrogen and oxygen atoms in total. The van der Waals surface area contributed by atoms with Crippen molar-refractivity contribution in [1.82, 2.24) is 20.4 Å². The number of H-pyrrole nitrogens is 1. The SMILES string of the molecule is Cc1cc(Cc2ccc(C(=O)NCC(=O)N3[C@@H](C(C)C)CC[C@H]3C3=CC=CC(F)C3)cc2C)c(=O)[nH]n1. The highest BCUT2D eigenvalue weighted by atomic mass is 19.1. The number of aromatic nitrogens is 2. The fourth-order valence-corrected chi connectivity index (χ4v) is 5.41. The molecule has 2 aliphatic rings. The Morgan fingerprint density at radius 3 is 2.68 bits per heavy atom. The first-order valence-electron chi connectivity index (χ1n) is 12.9. The van der Waals surface area contributed by atoms with Crippen molar-refractivity contribution < 1.29 is 14.0 Å². The summed E-state index contributed by atoms with van der Waals surface area (Å²) < 4.78 is 14.0. The highest BCUT2D eigenvalue weighted by molar-refractivity contribution is 5.96. The van der Waals surface area contributed by atoms with E-state index in [1.54, 1.807) is 24.3 Å². The third kappa shape index (κ3) is 6.06. The van der Waals surface area contributed by atoms with Crippen LogP contribution in [0.3, 0.4) is 0 Å². The van der Waals surface area contributed by atoms with Crippen molar-refractivity contribution in [3.8, 4) is 0 Å². The maximum atomic E-state index is 14.0. The first-order chi connectivity index (χ1) is 17.6. The Labute approximate surface area is 216 Å². The maximum absolute atomic E-state index is 14.0. The Kier molecular flexibility index (Phi) is 8.05. The zero-order valence-electron chi connectivity index (χ0n) is 21.9. The number of alkyl halides is 1. The molecule has 2 heterocycles. The van der Waals surface area contributed by atoms with Gasteiger partial charge < -0.3 is 10.2 Å². The number of carbonyl (C=O) groups excluding carboxylic acids is 2. The first kappa shape index (κ1) is 26.5. The number of rotatable bonds is 7. The number of hydrogen-bond donors (Lipinski definition) is 2. The number of aryl methyl sites for hydroxylation is 2. The molecule has 37 heavy (non-hydrogen) atoms. The van der Waals surface area contributed by atoms with Crippen molar-refractivity contribution in [2.75, 3.05) is 6.54 Å². The van der Waals surface area contributed by atoms with E-state index in [0.29, 0.717) is 24.0 Å². The lowest BCUT2D eigenvalue weighted by Crippen LogP contribution is -2.48. The van der Waals surface area contributed by atoms with Gasteiger partial charge in [0.1, 0.15) is 6.17 Å². The summed E-state index contributed by atoms with van der Waals surface area (Å²) in [4.78, 5) is 40.2. The molecule has 1 saturated heterocycles. The van der Waals surface area contributed by atoms with E-state index in [2.05, 4.69) is 29.4 Å². The van der Waals surface area contributed by atoms with Gasteiger partial charge in [0.25, 0.3) is 11.5 Å². The lowest BCUT2D eigenvalue weighted by atomic mass is 9.95. The van der Waals surface area contributed by atoms with Gasteiger partial charge in [-0.15, -0.1) is 0 Å². The molecular formula is C29H35FN4O3. The molecule has 1 aromatic carbocycles. The van der Waals surface area contributed by atoms with Gasteiger partial charge >= 0.3 is 0 Å². The summed E-state index contributed by atoms with van der Waals surface area (Å²) in [6.07, 6.45) is 6.57. The van der Waals surface area contributed by atoms with Crippen molar-refractivity contribution in [2.24, 2.45) is 5.92 Å². The molecule has 196 valence electrons. The van der Waals surface area contributed by atoms with Crippen LogP contribution in [0.2, 0.25) is 0 Å². The number of benzene rings is 1. The number of likely N-dealkylation sites (tertiary alicyclic amines) is 1. The minimum atomic E-state index is -1.03. The van der Waals surface area contributed by atoms with E-state index in [4.69, 9.17) is 0 Å². The number of nitrogens with one attached hydrogen (secondary N) is 2. The smallest absolute Gasteiger partial charge is 0.267 e. The minimum Gasteiger partial charge on any atom is -0.343 e. The molecule has 0 saturated carbocycles. The topological polar surface area (TPSA) is 95.2 Å². The second kappa shape index (κ2) is 11.2. The third-order valence-corrected chi connectivity index (χ3v) is 7.37. The van der Waals surface area contributed by atoms with E-state index < -0.39 is 6.17 Å². The zero-order chi connectivity index (χ0) is 26.7. The Morgan fingerprint density at radius 1 is 1.19 bits per heavy atom. The van der Waals surface area contributed by atoms with Crippen molar-refractivity contribution >= 4 is 11.8 Å². The third-order valence-electron chi connectivity index (χ3n) is 7.37. The summed E-state index contributed by atoms with van der Waals surface area (Å²) in [5.41, 5.74) is 4.32. The Hall–Kier alpha value is -3.55. The van der Waals surface area contributed by atoms with E-state index in [1.807, 2.05) is 30.9 Å². The minimum absolute atomic E-state index is 0.0563. The highest BCUT2D eigenvalue weighted by Gasteiger charge is 2.40. The summed E-state index contributed by atoms with van der Waals surface area (Å²) in [7, 11) is 0. The molecule has 0 radical (unpaired) electrons. The monoisotopic (exact) mass is 506 g/mol. The van der Waals surface area contributed by atoms with E-state index in [1.165, 1.54) is 6.08 Å². The van der Waals surface area contributed by atoms with E-state index in [0.717, 1.165) is 35.2 Å². The molecule has 3 atom stereocenters. The second-order valence-electron chi connectivity index (χ2n) is 10.4. The molecule has 1 aliphatic heterocycles. The van der Waals surface area contributed by atoms with Crippen molar-refractivity contribution in [3.63, 3.8) is 0 Å². The number of aromatic amines is 1. The van der Waals surface area contributed by atoms with Gasteiger partial charge in [0.15, 0.2) is 0 Å². The Bertz CT molecular complexity index is 1300. The largest absolute Gasteiger partial charge is 0.343 e. The van der Waals surface area contributed by atoms with Crippen molar-refractivity contribution in [1.29, 1.82) is 0 Å². The summed E-state index contributed by atoms with van der Waals surface area (Å²) in [5.74, 6) is -0.223. The van der Waals surface area contributed by atoms with Crippen LogP contribution < -0.4 is 10.9 Å². The molecule has 8 heteroatoms. The van der Waals surface area contributed by atoms with Crippen LogP contribution in [0.4, 0.5) is 4.39 Å². The lowest BCUT2D eigenvalue weighted by Gasteiger charge is -2.34. The Morgan fingerprint density at radius 2 is 1.97 bits per heavy atom. The molecule has 1 aromatic heterocycles. The number of halogens is 1. The standard InChI is InChI=1S/C29H35FN4O3/c1-17(2)25-10-11-26(21-6-5-7-24(30)15-21)34(25)27(35)16-31-28(36)22-9-8-20(18(3)12-22)14-23-13-19(4)32-33-29(23)37/h5-9,12-13,17,24-26H,10-11,14-16H2,1-4H3,(H,31,36)(H,33,37)/t24?,25-,26+/m1/s1. The fourth-order valence-electron chi connectivity index (χ4n) is 5.41. The van der Waals surface area contributed by atoms with Crippen LogP contribution in [0, 0.1) is 19.8 Å². The van der Waals surface area contributed by atoms with E-state index in [-0.39, 0.29) is 41.9 Å². The van der Waals surface area contributed by atoms with Crippen LogP contribution in [-0.4, -0.2) is 51.7 Å². The zero-order valence-corrected chi connectivity index (χ0v) is 21.9. The molecule has 1 aliphatic carbocycles. The molecule has 2 N–H and O–H groups in total. The van der Waals surface area contributed by atoms with Gasteiger partial charge in [0.05, 0.1) is 18.3 Å². The quantitative estimate of drug-likeness (QED) is 0.595. The molecule has 0 spiro atoms.